The van der Waals surface area contributed by atoms with Gasteiger partial charge in [0.05, 0.1) is 9.75 Å². The second-order valence-electron chi connectivity index (χ2n) is 6.39. The van der Waals surface area contributed by atoms with Gasteiger partial charge in [0.1, 0.15) is 0 Å². The molecule has 3 heteroatoms. The van der Waals surface area contributed by atoms with Crippen molar-refractivity contribution in [3.63, 3.8) is 0 Å². The van der Waals surface area contributed by atoms with Crippen LogP contribution in [0.4, 0.5) is 0 Å². The Labute approximate surface area is 158 Å². The second-order valence-corrected chi connectivity index (χ2v) is 7.88. The molecule has 1 aromatic heterocycles. The van der Waals surface area contributed by atoms with Gasteiger partial charge in [0.15, 0.2) is 5.78 Å². The van der Waals surface area contributed by atoms with Crippen molar-refractivity contribution in [2.45, 2.75) is 38.5 Å². The van der Waals surface area contributed by atoms with Crippen molar-refractivity contribution in [1.82, 2.24) is 0 Å². The Morgan fingerprint density at radius 2 is 1.96 bits per heavy atom. The highest BCUT2D eigenvalue weighted by Gasteiger charge is 2.11. The monoisotopic (exact) mass is 368 g/mol. The number of halogens is 1. The maximum atomic E-state index is 12.3. The second kappa shape index (κ2) is 9.04. The van der Waals surface area contributed by atoms with Crippen LogP contribution in [-0.2, 0) is 0 Å². The molecule has 0 bridgehead atoms. The zero-order valence-corrected chi connectivity index (χ0v) is 15.7. The molecule has 0 saturated heterocycles. The molecule has 1 fully saturated rings. The number of allylic oxidation sites excluding steroid dienone is 1. The van der Waals surface area contributed by atoms with Gasteiger partial charge in [0.25, 0.3) is 0 Å². The molecule has 1 aliphatic carbocycles. The Bertz CT molecular complexity index is 816. The molecule has 0 amide bonds. The summed E-state index contributed by atoms with van der Waals surface area (Å²) < 4.78 is 0. The molecular weight excluding hydrogens is 348 g/mol. The fraction of sp³-hybridized carbons (Fsp3) is 0.318. The Balaban J connectivity index is 1.59. The van der Waals surface area contributed by atoms with Crippen molar-refractivity contribution < 1.29 is 4.79 Å². The minimum atomic E-state index is -0.00903. The Morgan fingerprint density at radius 1 is 1.16 bits per heavy atom. The van der Waals surface area contributed by atoms with Crippen LogP contribution in [0, 0.1) is 17.8 Å². The lowest BCUT2D eigenvalue weighted by Gasteiger charge is -2.18. The number of thiophene rings is 1. The molecule has 0 radical (unpaired) electrons. The van der Waals surface area contributed by atoms with Gasteiger partial charge in [-0.25, -0.2) is 0 Å². The summed E-state index contributed by atoms with van der Waals surface area (Å²) >= 11 is 7.56. The molecule has 3 rings (SSSR count). The summed E-state index contributed by atoms with van der Waals surface area (Å²) in [6.45, 7) is 0. The standard InChI is InChI=1S/C22H21ClOS/c23-20-12-5-4-10-18(20)13-15-21(24)22-16-14-19(25-22)11-6-9-17-7-2-1-3-8-17/h4-5,10,12-17H,1-3,7-9H2. The molecule has 1 aliphatic rings. The first kappa shape index (κ1) is 18.0. The van der Waals surface area contributed by atoms with Gasteiger partial charge >= 0.3 is 0 Å². The van der Waals surface area contributed by atoms with Crippen molar-refractivity contribution in [2.24, 2.45) is 5.92 Å². The Hall–Kier alpha value is -1.82. The lowest BCUT2D eigenvalue weighted by molar-refractivity contribution is 0.105. The smallest absolute Gasteiger partial charge is 0.195 e. The number of hydrogen-bond acceptors (Lipinski definition) is 2. The number of carbonyl (C=O) groups is 1. The molecule has 0 spiro atoms. The highest BCUT2D eigenvalue weighted by Crippen LogP contribution is 2.26. The van der Waals surface area contributed by atoms with Gasteiger partial charge in [0, 0.05) is 11.4 Å². The SMILES string of the molecule is O=C(C=Cc1ccccc1Cl)c1ccc(C#CCC2CCCCC2)s1. The van der Waals surface area contributed by atoms with Crippen LogP contribution in [0.25, 0.3) is 6.08 Å². The normalized spacial score (nSPS) is 15.1. The molecule has 1 nitrogen and oxygen atoms in total. The first-order chi connectivity index (χ1) is 12.2. The van der Waals surface area contributed by atoms with Crippen LogP contribution >= 0.6 is 22.9 Å². The van der Waals surface area contributed by atoms with Crippen LogP contribution < -0.4 is 0 Å². The van der Waals surface area contributed by atoms with E-state index in [2.05, 4.69) is 11.8 Å². The molecule has 0 N–H and O–H groups in total. The quantitative estimate of drug-likeness (QED) is 0.336. The Morgan fingerprint density at radius 3 is 2.76 bits per heavy atom. The van der Waals surface area contributed by atoms with Crippen LogP contribution in [0.5, 0.6) is 0 Å². The van der Waals surface area contributed by atoms with Crippen molar-refractivity contribution in [2.75, 3.05) is 0 Å². The molecule has 128 valence electrons. The van der Waals surface area contributed by atoms with E-state index in [0.29, 0.717) is 9.90 Å². The van der Waals surface area contributed by atoms with Crippen molar-refractivity contribution in [1.29, 1.82) is 0 Å². The molecule has 1 saturated carbocycles. The topological polar surface area (TPSA) is 17.1 Å². The van der Waals surface area contributed by atoms with Gasteiger partial charge in [-0.1, -0.05) is 60.9 Å². The summed E-state index contributed by atoms with van der Waals surface area (Å²) in [6.07, 6.45) is 11.0. The van der Waals surface area contributed by atoms with Crippen molar-refractivity contribution >= 4 is 34.8 Å². The van der Waals surface area contributed by atoms with E-state index in [1.165, 1.54) is 43.4 Å². The van der Waals surface area contributed by atoms with Gasteiger partial charge < -0.3 is 0 Å². The van der Waals surface area contributed by atoms with E-state index in [0.717, 1.165) is 22.8 Å². The third-order valence-electron chi connectivity index (χ3n) is 4.50. The molecule has 1 heterocycles. The summed E-state index contributed by atoms with van der Waals surface area (Å²) in [4.78, 5) is 14.0. The van der Waals surface area contributed by atoms with E-state index in [1.807, 2.05) is 36.4 Å². The van der Waals surface area contributed by atoms with Gasteiger partial charge in [0.2, 0.25) is 0 Å². The number of hydrogen-bond donors (Lipinski definition) is 0. The van der Waals surface area contributed by atoms with E-state index in [4.69, 9.17) is 11.6 Å². The zero-order chi connectivity index (χ0) is 17.5. The van der Waals surface area contributed by atoms with Gasteiger partial charge in [-0.3, -0.25) is 4.79 Å². The highest BCUT2D eigenvalue weighted by atomic mass is 35.5. The van der Waals surface area contributed by atoms with E-state index in [1.54, 1.807) is 12.2 Å². The predicted octanol–water partition coefficient (Wildman–Crippen LogP) is 6.62. The van der Waals surface area contributed by atoms with Crippen LogP contribution in [0.2, 0.25) is 5.02 Å². The third-order valence-corrected chi connectivity index (χ3v) is 5.85. The summed E-state index contributed by atoms with van der Waals surface area (Å²) in [7, 11) is 0. The fourth-order valence-corrected chi connectivity index (χ4v) is 4.07. The summed E-state index contributed by atoms with van der Waals surface area (Å²) in [5.74, 6) is 7.28. The minimum Gasteiger partial charge on any atom is -0.288 e. The number of ketones is 1. The molecule has 0 atom stereocenters. The first-order valence-corrected chi connectivity index (χ1v) is 9.97. The molecule has 0 unspecified atom stereocenters. The van der Waals surface area contributed by atoms with E-state index in [-0.39, 0.29) is 5.78 Å². The molecule has 0 aliphatic heterocycles. The van der Waals surface area contributed by atoms with E-state index < -0.39 is 0 Å². The zero-order valence-electron chi connectivity index (χ0n) is 14.1. The minimum absolute atomic E-state index is 0.00903. The number of carbonyl (C=O) groups excluding carboxylic acids is 1. The molecule has 1 aromatic carbocycles. The van der Waals surface area contributed by atoms with Crippen LogP contribution in [0.1, 0.15) is 58.6 Å². The number of benzene rings is 1. The average molecular weight is 369 g/mol. The summed E-state index contributed by atoms with van der Waals surface area (Å²) in [5.41, 5.74) is 0.849. The molecule has 25 heavy (non-hydrogen) atoms. The van der Waals surface area contributed by atoms with Crippen LogP contribution in [-0.4, -0.2) is 5.78 Å². The lowest BCUT2D eigenvalue weighted by atomic mass is 9.87. The third kappa shape index (κ3) is 5.33. The van der Waals surface area contributed by atoms with Gasteiger partial charge in [-0.2, -0.15) is 0 Å². The largest absolute Gasteiger partial charge is 0.288 e. The fourth-order valence-electron chi connectivity index (χ4n) is 3.07. The molecular formula is C22H21ClOS. The van der Waals surface area contributed by atoms with Gasteiger partial charge in [-0.05, 0) is 54.7 Å². The highest BCUT2D eigenvalue weighted by molar-refractivity contribution is 7.14. The summed E-state index contributed by atoms with van der Waals surface area (Å²) in [5, 5.41) is 0.645. The molecule has 2 aromatic rings. The van der Waals surface area contributed by atoms with Gasteiger partial charge in [-0.15, -0.1) is 11.3 Å². The van der Waals surface area contributed by atoms with E-state index >= 15 is 0 Å². The maximum Gasteiger partial charge on any atom is 0.195 e. The predicted molar refractivity (Wildman–Crippen MR) is 107 cm³/mol. The summed E-state index contributed by atoms with van der Waals surface area (Å²) in [6, 6.07) is 11.3. The average Bonchev–Trinajstić information content (AvgIpc) is 3.11. The van der Waals surface area contributed by atoms with Crippen molar-refractivity contribution in [3.05, 3.63) is 62.8 Å². The van der Waals surface area contributed by atoms with Crippen LogP contribution in [0.3, 0.4) is 0 Å². The maximum absolute atomic E-state index is 12.3. The van der Waals surface area contributed by atoms with Crippen LogP contribution in [0.15, 0.2) is 42.5 Å². The van der Waals surface area contributed by atoms with Crippen molar-refractivity contribution in [3.8, 4) is 11.8 Å². The van der Waals surface area contributed by atoms with E-state index in [9.17, 15) is 4.79 Å². The Kier molecular flexibility index (Phi) is 6.50. The number of rotatable bonds is 4. The lowest BCUT2D eigenvalue weighted by Crippen LogP contribution is -2.04. The first-order valence-electron chi connectivity index (χ1n) is 8.78.